The first kappa shape index (κ1) is 28.4. The van der Waals surface area contributed by atoms with Crippen molar-refractivity contribution in [1.29, 1.82) is 0 Å². The first-order chi connectivity index (χ1) is 21.5. The van der Waals surface area contributed by atoms with Crippen molar-refractivity contribution in [2.75, 3.05) is 20.6 Å². The quantitative estimate of drug-likeness (QED) is 0.175. The van der Waals surface area contributed by atoms with Gasteiger partial charge in [-0.1, -0.05) is 128 Å². The van der Waals surface area contributed by atoms with Crippen LogP contribution in [0.1, 0.15) is 18.1 Å². The van der Waals surface area contributed by atoms with Crippen molar-refractivity contribution in [3.8, 4) is 0 Å². The molecule has 6 aromatic carbocycles. The van der Waals surface area contributed by atoms with Gasteiger partial charge in [-0.15, -0.1) is 0 Å². The molecule has 0 aliphatic rings. The van der Waals surface area contributed by atoms with Crippen LogP contribution >= 0.6 is 8.24 Å². The van der Waals surface area contributed by atoms with Gasteiger partial charge >= 0.3 is 8.24 Å². The van der Waals surface area contributed by atoms with Crippen LogP contribution in [0.4, 0.5) is 0 Å². The Morgan fingerprint density at radius 1 is 0.636 bits per heavy atom. The molecular weight excluding hydrogens is 561 g/mol. The summed E-state index contributed by atoms with van der Waals surface area (Å²) in [6.45, 7) is 3.10. The maximum absolute atomic E-state index is 7.34. The smallest absolute Gasteiger partial charge is 0.388 e. The highest BCUT2D eigenvalue weighted by Crippen LogP contribution is 2.46. The van der Waals surface area contributed by atoms with E-state index in [9.17, 15) is 0 Å². The molecule has 220 valence electrons. The van der Waals surface area contributed by atoms with E-state index in [4.69, 9.17) is 12.9 Å². The summed E-state index contributed by atoms with van der Waals surface area (Å²) in [5.41, 5.74) is 3.12. The van der Waals surface area contributed by atoms with Gasteiger partial charge in [-0.25, -0.2) is 0 Å². The zero-order valence-electron chi connectivity index (χ0n) is 25.3. The predicted molar refractivity (Wildman–Crippen MR) is 184 cm³/mol. The number of hydrogen-bond acceptors (Lipinski definition) is 4. The number of rotatable bonds is 8. The summed E-state index contributed by atoms with van der Waals surface area (Å²) >= 11 is 0. The van der Waals surface area contributed by atoms with E-state index in [2.05, 4.69) is 159 Å². The van der Waals surface area contributed by atoms with Crippen LogP contribution in [0.15, 0.2) is 142 Å². The molecule has 0 fully saturated rings. The van der Waals surface area contributed by atoms with Crippen LogP contribution in [0.25, 0.3) is 43.5 Å². The summed E-state index contributed by atoms with van der Waals surface area (Å²) in [6.07, 6.45) is 0.674. The van der Waals surface area contributed by atoms with E-state index in [1.807, 2.05) is 0 Å². The summed E-state index contributed by atoms with van der Waals surface area (Å²) in [6, 6.07) is 46.5. The van der Waals surface area contributed by atoms with Crippen LogP contribution in [0.3, 0.4) is 0 Å². The Kier molecular flexibility index (Phi) is 7.74. The summed E-state index contributed by atoms with van der Waals surface area (Å²) in [5, 5.41) is 6.65. The standard InChI is InChI=1S/C39H36NO3P/c1-28(27-40(2)3)39(32-18-8-5-9-19-32,26-29-14-6-4-7-15-29)43-44-41-35-24-22-30-16-10-12-20-33(30)37(35)38-34-21-13-11-17-31(34)23-25-36(38)42-44/h4-25,28H,26-27H2,1-3H3/t28-,39+/m1/s1. The van der Waals surface area contributed by atoms with Gasteiger partial charge in [0.15, 0.2) is 0 Å². The first-order valence-corrected chi connectivity index (χ1v) is 16.2. The molecule has 7 aromatic rings. The maximum Gasteiger partial charge on any atom is 0.388 e. The van der Waals surface area contributed by atoms with E-state index < -0.39 is 13.8 Å². The van der Waals surface area contributed by atoms with Crippen molar-refractivity contribution < 1.29 is 12.9 Å². The van der Waals surface area contributed by atoms with E-state index in [1.165, 1.54) is 5.56 Å². The largest absolute Gasteiger partial charge is 0.399 e. The third-order valence-electron chi connectivity index (χ3n) is 8.62. The van der Waals surface area contributed by atoms with E-state index in [0.717, 1.165) is 55.6 Å². The maximum atomic E-state index is 7.34. The molecule has 44 heavy (non-hydrogen) atoms. The van der Waals surface area contributed by atoms with Crippen molar-refractivity contribution in [3.05, 3.63) is 145 Å². The average molecular weight is 598 g/mol. The summed E-state index contributed by atoms with van der Waals surface area (Å²) in [5.74, 6) is 0.102. The van der Waals surface area contributed by atoms with E-state index in [-0.39, 0.29) is 5.92 Å². The molecule has 0 aliphatic carbocycles. The second kappa shape index (κ2) is 12.0. The molecular formula is C39H36NO3P. The SMILES string of the molecule is C[C@H](CN(C)C)[C@](Cc1ccccc1)(Op1oc2ccc3ccccc3c2c2c(ccc3ccccc32)o1)c1ccccc1. The first-order valence-electron chi connectivity index (χ1n) is 15.1. The Balaban J connectivity index is 1.54. The Morgan fingerprint density at radius 3 is 1.68 bits per heavy atom. The van der Waals surface area contributed by atoms with Gasteiger partial charge in [-0.05, 0) is 58.9 Å². The number of nitrogens with zero attached hydrogens (tertiary/aromatic N) is 1. The minimum absolute atomic E-state index is 0.102. The van der Waals surface area contributed by atoms with Gasteiger partial charge in [0.1, 0.15) is 16.8 Å². The van der Waals surface area contributed by atoms with Crippen LogP contribution in [-0.4, -0.2) is 25.5 Å². The molecule has 0 aliphatic heterocycles. The highest BCUT2D eigenvalue weighted by molar-refractivity contribution is 7.31. The van der Waals surface area contributed by atoms with Crippen LogP contribution < -0.4 is 4.52 Å². The van der Waals surface area contributed by atoms with Crippen molar-refractivity contribution in [2.24, 2.45) is 5.92 Å². The number of benzene rings is 6. The molecule has 0 amide bonds. The molecule has 0 radical (unpaired) electrons. The minimum Gasteiger partial charge on any atom is -0.399 e. The lowest BCUT2D eigenvalue weighted by Crippen LogP contribution is -2.45. The van der Waals surface area contributed by atoms with Gasteiger partial charge in [0, 0.05) is 29.7 Å². The van der Waals surface area contributed by atoms with Gasteiger partial charge in [-0.3, -0.25) is 4.52 Å². The topological polar surface area (TPSA) is 38.8 Å². The second-order valence-corrected chi connectivity index (χ2v) is 12.9. The average Bonchev–Trinajstić information content (AvgIpc) is 3.21. The van der Waals surface area contributed by atoms with E-state index in [0.29, 0.717) is 6.42 Å². The molecule has 0 spiro atoms. The van der Waals surface area contributed by atoms with Gasteiger partial charge in [0.2, 0.25) is 0 Å². The van der Waals surface area contributed by atoms with Gasteiger partial charge < -0.3 is 13.3 Å². The highest BCUT2D eigenvalue weighted by atomic mass is 31.1. The molecule has 1 aromatic heterocycles. The minimum atomic E-state index is -1.87. The van der Waals surface area contributed by atoms with Gasteiger partial charge in [0.25, 0.3) is 0 Å². The van der Waals surface area contributed by atoms with Gasteiger partial charge in [-0.2, -0.15) is 0 Å². The van der Waals surface area contributed by atoms with Crippen molar-refractivity contribution in [2.45, 2.75) is 18.9 Å². The summed E-state index contributed by atoms with van der Waals surface area (Å²) in [4.78, 5) is 2.22. The van der Waals surface area contributed by atoms with E-state index in [1.54, 1.807) is 0 Å². The molecule has 1 heterocycles. The highest BCUT2D eigenvalue weighted by Gasteiger charge is 2.42. The van der Waals surface area contributed by atoms with Crippen LogP contribution in [0.2, 0.25) is 0 Å². The number of fused-ring (bicyclic) bond motifs is 7. The molecule has 0 unspecified atom stereocenters. The molecule has 0 saturated heterocycles. The molecule has 2 atom stereocenters. The predicted octanol–water partition coefficient (Wildman–Crippen LogP) is 10.4. The van der Waals surface area contributed by atoms with E-state index >= 15 is 0 Å². The molecule has 7 rings (SSSR count). The molecule has 5 heteroatoms. The van der Waals surface area contributed by atoms with Crippen molar-refractivity contribution in [1.82, 2.24) is 4.90 Å². The molecule has 0 bridgehead atoms. The fourth-order valence-corrected chi connectivity index (χ4v) is 7.92. The summed E-state index contributed by atoms with van der Waals surface area (Å²) in [7, 11) is 2.36. The molecule has 0 saturated carbocycles. The summed E-state index contributed by atoms with van der Waals surface area (Å²) < 4.78 is 21.1. The third-order valence-corrected chi connectivity index (χ3v) is 9.79. The molecule has 0 N–H and O–H groups in total. The zero-order valence-corrected chi connectivity index (χ0v) is 26.2. The van der Waals surface area contributed by atoms with Crippen LogP contribution in [-0.2, 0) is 12.0 Å². The fraction of sp³-hybridized carbons (Fsp3) is 0.179. The van der Waals surface area contributed by atoms with Crippen LogP contribution in [0, 0.1) is 5.92 Å². The Hall–Kier alpha value is -4.34. The Labute approximate surface area is 259 Å². The normalized spacial score (nSPS) is 13.9. The monoisotopic (exact) mass is 597 g/mol. The zero-order chi connectivity index (χ0) is 30.1. The van der Waals surface area contributed by atoms with Crippen molar-refractivity contribution >= 4 is 51.7 Å². The third kappa shape index (κ3) is 5.31. The molecule has 4 nitrogen and oxygen atoms in total. The fourth-order valence-electron chi connectivity index (χ4n) is 6.57. The lowest BCUT2D eigenvalue weighted by atomic mass is 9.77. The Morgan fingerprint density at radius 2 is 1.14 bits per heavy atom. The lowest BCUT2D eigenvalue weighted by molar-refractivity contribution is 0.0369. The number of hydrogen-bond donors (Lipinski definition) is 0. The lowest BCUT2D eigenvalue weighted by Gasteiger charge is -2.39. The van der Waals surface area contributed by atoms with Gasteiger partial charge in [0.05, 0.1) is 0 Å². The second-order valence-electron chi connectivity index (χ2n) is 11.9. The van der Waals surface area contributed by atoms with Crippen LogP contribution in [0.5, 0.6) is 0 Å². The van der Waals surface area contributed by atoms with Crippen molar-refractivity contribution in [3.63, 3.8) is 0 Å². The Bertz CT molecular complexity index is 2010.